The van der Waals surface area contributed by atoms with Gasteiger partial charge in [-0.2, -0.15) is 0 Å². The lowest BCUT2D eigenvalue weighted by molar-refractivity contribution is -0.124. The van der Waals surface area contributed by atoms with Crippen molar-refractivity contribution in [3.8, 4) is 5.75 Å². The van der Waals surface area contributed by atoms with E-state index in [-0.39, 0.29) is 17.9 Å². The van der Waals surface area contributed by atoms with Crippen molar-refractivity contribution in [3.05, 3.63) is 89.7 Å². The minimum atomic E-state index is -1.18. The first kappa shape index (κ1) is 23.8. The van der Waals surface area contributed by atoms with E-state index in [9.17, 15) is 27.6 Å². The number of rotatable bonds is 7. The molecule has 1 aliphatic heterocycles. The molecule has 0 unspecified atom stereocenters. The average Bonchev–Trinajstić information content (AvgIpc) is 3.06. The van der Waals surface area contributed by atoms with Gasteiger partial charge >= 0.3 is 6.03 Å². The minimum Gasteiger partial charge on any atom is -0.497 e. The number of imide groups is 1. The number of carbonyl (C=O) groups is 3. The molecule has 3 aromatic rings. The van der Waals surface area contributed by atoms with E-state index in [0.717, 1.165) is 29.2 Å². The second-order valence-electron chi connectivity index (χ2n) is 7.81. The highest BCUT2D eigenvalue weighted by Crippen LogP contribution is 2.29. The van der Waals surface area contributed by atoms with Gasteiger partial charge in [0.2, 0.25) is 5.91 Å². The topological polar surface area (TPSA) is 79.0 Å². The number of urea groups is 1. The molecule has 4 amide bonds. The SMILES string of the molecule is COc1ccc(CN2C(=O)N(c3ccc(F)cc3)C(=O)[C@@H]2CC(=O)Nc2ccc(F)c(F)c2)cc1. The van der Waals surface area contributed by atoms with Gasteiger partial charge in [0.25, 0.3) is 5.91 Å². The molecule has 0 radical (unpaired) electrons. The maximum Gasteiger partial charge on any atom is 0.332 e. The van der Waals surface area contributed by atoms with Gasteiger partial charge in [-0.15, -0.1) is 0 Å². The molecule has 0 aliphatic carbocycles. The van der Waals surface area contributed by atoms with E-state index in [0.29, 0.717) is 11.3 Å². The van der Waals surface area contributed by atoms with Crippen molar-refractivity contribution < 1.29 is 32.3 Å². The van der Waals surface area contributed by atoms with Crippen LogP contribution in [0.2, 0.25) is 0 Å². The van der Waals surface area contributed by atoms with E-state index >= 15 is 0 Å². The molecule has 1 heterocycles. The molecular formula is C25H20F3N3O4. The highest BCUT2D eigenvalue weighted by molar-refractivity contribution is 6.22. The quantitative estimate of drug-likeness (QED) is 0.503. The number of benzene rings is 3. The van der Waals surface area contributed by atoms with Gasteiger partial charge in [0.15, 0.2) is 11.6 Å². The highest BCUT2D eigenvalue weighted by Gasteiger charge is 2.46. The summed E-state index contributed by atoms with van der Waals surface area (Å²) < 4.78 is 45.2. The van der Waals surface area contributed by atoms with Gasteiger partial charge in [-0.05, 0) is 54.1 Å². The molecule has 35 heavy (non-hydrogen) atoms. The van der Waals surface area contributed by atoms with E-state index < -0.39 is 47.8 Å². The van der Waals surface area contributed by atoms with Crippen molar-refractivity contribution >= 4 is 29.2 Å². The summed E-state index contributed by atoms with van der Waals surface area (Å²) in [6.07, 6.45) is -0.433. The summed E-state index contributed by atoms with van der Waals surface area (Å²) in [7, 11) is 1.51. The molecule has 180 valence electrons. The fraction of sp³-hybridized carbons (Fsp3) is 0.160. The Morgan fingerprint density at radius 2 is 1.63 bits per heavy atom. The predicted octanol–water partition coefficient (Wildman–Crippen LogP) is 4.48. The highest BCUT2D eigenvalue weighted by atomic mass is 19.2. The lowest BCUT2D eigenvalue weighted by Gasteiger charge is -2.22. The first-order chi connectivity index (χ1) is 16.8. The Morgan fingerprint density at radius 1 is 0.943 bits per heavy atom. The molecule has 0 aromatic heterocycles. The number of carbonyl (C=O) groups excluding carboxylic acids is 3. The van der Waals surface area contributed by atoms with E-state index in [2.05, 4.69) is 5.32 Å². The summed E-state index contributed by atoms with van der Waals surface area (Å²) >= 11 is 0. The maximum atomic E-state index is 13.5. The Morgan fingerprint density at radius 3 is 2.26 bits per heavy atom. The summed E-state index contributed by atoms with van der Waals surface area (Å²) in [6.45, 7) is 0.00931. The van der Waals surface area contributed by atoms with Crippen LogP contribution in [0.25, 0.3) is 0 Å². The molecule has 3 aromatic carbocycles. The van der Waals surface area contributed by atoms with E-state index in [1.165, 1.54) is 30.2 Å². The van der Waals surface area contributed by atoms with E-state index in [1.807, 2.05) is 0 Å². The summed E-state index contributed by atoms with van der Waals surface area (Å²) in [5.74, 6) is -3.49. The molecular weight excluding hydrogens is 463 g/mol. The number of hydrogen-bond acceptors (Lipinski definition) is 4. The monoisotopic (exact) mass is 483 g/mol. The molecule has 10 heteroatoms. The molecule has 1 N–H and O–H groups in total. The predicted molar refractivity (Wildman–Crippen MR) is 121 cm³/mol. The van der Waals surface area contributed by atoms with Crippen LogP contribution >= 0.6 is 0 Å². The van der Waals surface area contributed by atoms with Gasteiger partial charge in [-0.25, -0.2) is 22.9 Å². The lowest BCUT2D eigenvalue weighted by atomic mass is 10.1. The van der Waals surface area contributed by atoms with Crippen LogP contribution in [-0.2, 0) is 16.1 Å². The molecule has 1 atom stereocenters. The van der Waals surface area contributed by atoms with Crippen LogP contribution in [0.1, 0.15) is 12.0 Å². The van der Waals surface area contributed by atoms with Crippen LogP contribution in [0.4, 0.5) is 29.3 Å². The molecule has 1 fully saturated rings. The van der Waals surface area contributed by atoms with Gasteiger partial charge in [0, 0.05) is 18.3 Å². The minimum absolute atomic E-state index is 0.00256. The lowest BCUT2D eigenvalue weighted by Crippen LogP contribution is -2.37. The third-order valence-corrected chi connectivity index (χ3v) is 5.50. The smallest absolute Gasteiger partial charge is 0.332 e. The second-order valence-corrected chi connectivity index (χ2v) is 7.81. The van der Waals surface area contributed by atoms with Gasteiger partial charge in [0.05, 0.1) is 19.2 Å². The standard InChI is InChI=1S/C25H20F3N3O4/c1-35-19-9-2-15(3-10-19)14-30-22(13-23(32)29-17-6-11-20(27)21(28)12-17)24(33)31(25(30)34)18-7-4-16(26)5-8-18/h2-12,22H,13-14H2,1H3,(H,29,32)/t22-/m0/s1. The van der Waals surface area contributed by atoms with Crippen molar-refractivity contribution in [2.45, 2.75) is 19.0 Å². The number of anilines is 2. The van der Waals surface area contributed by atoms with E-state index in [4.69, 9.17) is 4.74 Å². The molecule has 0 spiro atoms. The zero-order valence-electron chi connectivity index (χ0n) is 18.5. The first-order valence-corrected chi connectivity index (χ1v) is 10.5. The zero-order valence-corrected chi connectivity index (χ0v) is 18.5. The molecule has 1 saturated heterocycles. The second kappa shape index (κ2) is 9.88. The van der Waals surface area contributed by atoms with Crippen molar-refractivity contribution in [2.24, 2.45) is 0 Å². The summed E-state index contributed by atoms with van der Waals surface area (Å²) in [5.41, 5.74) is 0.839. The summed E-state index contributed by atoms with van der Waals surface area (Å²) in [6, 6.07) is 12.6. The van der Waals surface area contributed by atoms with Gasteiger partial charge in [0.1, 0.15) is 17.6 Å². The van der Waals surface area contributed by atoms with Crippen LogP contribution < -0.4 is 15.0 Å². The van der Waals surface area contributed by atoms with Gasteiger partial charge in [-0.1, -0.05) is 12.1 Å². The van der Waals surface area contributed by atoms with Crippen molar-refractivity contribution in [1.29, 1.82) is 0 Å². The van der Waals surface area contributed by atoms with Crippen LogP contribution in [-0.4, -0.2) is 35.9 Å². The van der Waals surface area contributed by atoms with Crippen LogP contribution in [0, 0.1) is 17.5 Å². The third-order valence-electron chi connectivity index (χ3n) is 5.50. The maximum absolute atomic E-state index is 13.5. The number of ether oxygens (including phenoxy) is 1. The molecule has 1 aliphatic rings. The Labute approximate surface area is 198 Å². The van der Waals surface area contributed by atoms with Crippen molar-refractivity contribution in [1.82, 2.24) is 4.90 Å². The molecule has 4 rings (SSSR count). The third kappa shape index (κ3) is 5.11. The van der Waals surface area contributed by atoms with Crippen LogP contribution in [0.5, 0.6) is 5.75 Å². The summed E-state index contributed by atoms with van der Waals surface area (Å²) in [5, 5.41) is 2.41. The van der Waals surface area contributed by atoms with E-state index in [1.54, 1.807) is 24.3 Å². The number of nitrogens with one attached hydrogen (secondary N) is 1. The Bertz CT molecular complexity index is 1270. The number of methoxy groups -OCH3 is 1. The molecule has 7 nitrogen and oxygen atoms in total. The van der Waals surface area contributed by atoms with Crippen molar-refractivity contribution in [2.75, 3.05) is 17.3 Å². The Hall–Kier alpha value is -4.34. The van der Waals surface area contributed by atoms with Gasteiger partial charge in [-0.3, -0.25) is 9.59 Å². The number of amides is 4. The Kier molecular flexibility index (Phi) is 6.72. The molecule has 0 saturated carbocycles. The average molecular weight is 483 g/mol. The number of hydrogen-bond donors (Lipinski definition) is 1. The fourth-order valence-corrected chi connectivity index (χ4v) is 3.73. The van der Waals surface area contributed by atoms with Crippen LogP contribution in [0.15, 0.2) is 66.7 Å². The number of nitrogens with zero attached hydrogens (tertiary/aromatic N) is 2. The normalized spacial score (nSPS) is 15.5. The zero-order chi connectivity index (χ0) is 25.1. The Balaban J connectivity index is 1.59. The largest absolute Gasteiger partial charge is 0.497 e. The first-order valence-electron chi connectivity index (χ1n) is 10.5. The summed E-state index contributed by atoms with van der Waals surface area (Å²) in [4.78, 5) is 41.3. The number of halogens is 3. The van der Waals surface area contributed by atoms with Crippen LogP contribution in [0.3, 0.4) is 0 Å². The fourth-order valence-electron chi connectivity index (χ4n) is 3.73. The van der Waals surface area contributed by atoms with Gasteiger partial charge < -0.3 is 15.0 Å². The van der Waals surface area contributed by atoms with Crippen molar-refractivity contribution in [3.63, 3.8) is 0 Å². The molecule has 0 bridgehead atoms.